The number of alkyl halides is 1. The first kappa shape index (κ1) is 46.6. The quantitative estimate of drug-likeness (QED) is 0.0426. The third-order valence-corrected chi connectivity index (χ3v) is 9.45. The number of aryl methyl sites for hydroxylation is 1. The molecule has 2 N–H and O–H groups in total. The summed E-state index contributed by atoms with van der Waals surface area (Å²) in [6.45, 7) is 9.49. The standard InChI is InChI=1S/C39H43FN2O8.C8H12O2/c1-4-46-33(43)17-11-12-26-18-20-27(21-19-26)22-30-36(25(2)3)41-42-37(30)50-34-23-31(49-39(45)29-15-9-6-10-16-29)35(40)32(48-34)24-47-38(44)28-13-7-5-8-14-28;1-3-5-6-7(4-2)8(9)10/h5-10,13-16,18-21,25,31-32,34-35H,4,11-12,17,22-24H2,1-3H3,(H,41,42);4-6H,3H2,1-2H3,(H,9,10)/b;6-5-,7-4+/t31-,32-,34+,35+;/m1./s1. The van der Waals surface area contributed by atoms with Gasteiger partial charge in [-0.15, -0.1) is 5.10 Å². The van der Waals surface area contributed by atoms with Crippen LogP contribution >= 0.6 is 0 Å². The molecule has 1 fully saturated rings. The van der Waals surface area contributed by atoms with Crippen LogP contribution in [0.25, 0.3) is 0 Å². The smallest absolute Gasteiger partial charge is 0.338 e. The van der Waals surface area contributed by atoms with E-state index in [-0.39, 0.29) is 29.8 Å². The number of carboxylic acid groups (broad SMARTS) is 1. The van der Waals surface area contributed by atoms with E-state index in [1.807, 2.05) is 51.1 Å². The molecule has 0 saturated carbocycles. The zero-order chi connectivity index (χ0) is 43.4. The number of allylic oxidation sites excluding steroid dienone is 2. The summed E-state index contributed by atoms with van der Waals surface area (Å²) < 4.78 is 44.3. The number of hydrogen-bond acceptors (Lipinski definition) is 10. The maximum Gasteiger partial charge on any atom is 0.338 e. The van der Waals surface area contributed by atoms with Crippen LogP contribution in [0, 0.1) is 0 Å². The fourth-order valence-electron chi connectivity index (χ4n) is 6.27. The number of carbonyl (C=O) groups excluding carboxylic acids is 3. The number of aromatic nitrogens is 2. The van der Waals surface area contributed by atoms with Crippen LogP contribution < -0.4 is 4.74 Å². The number of carboxylic acids is 1. The van der Waals surface area contributed by atoms with Crippen molar-refractivity contribution in [2.45, 2.75) is 104 Å². The molecule has 60 heavy (non-hydrogen) atoms. The minimum Gasteiger partial charge on any atom is -0.478 e. The summed E-state index contributed by atoms with van der Waals surface area (Å²) in [6, 6.07) is 24.8. The lowest BCUT2D eigenvalue weighted by Gasteiger charge is -2.37. The average molecular weight is 827 g/mol. The molecule has 0 unspecified atom stereocenters. The molecule has 1 saturated heterocycles. The van der Waals surface area contributed by atoms with Crippen LogP contribution in [-0.4, -0.2) is 77.1 Å². The Balaban J connectivity index is 0.000000703. The number of aromatic amines is 1. The lowest BCUT2D eigenvalue weighted by atomic mass is 9.98. The van der Waals surface area contributed by atoms with E-state index >= 15 is 4.39 Å². The number of rotatable bonds is 18. The highest BCUT2D eigenvalue weighted by Crippen LogP contribution is 2.33. The van der Waals surface area contributed by atoms with Crippen molar-refractivity contribution < 1.29 is 52.4 Å². The molecule has 1 aromatic heterocycles. The van der Waals surface area contributed by atoms with Crippen LogP contribution in [0.4, 0.5) is 4.39 Å². The van der Waals surface area contributed by atoms with Gasteiger partial charge in [-0.25, -0.2) is 18.8 Å². The molecule has 4 atom stereocenters. The Morgan fingerprint density at radius 2 is 1.55 bits per heavy atom. The highest BCUT2D eigenvalue weighted by Gasteiger charge is 2.44. The molecule has 13 heteroatoms. The third kappa shape index (κ3) is 14.3. The van der Waals surface area contributed by atoms with Crippen molar-refractivity contribution in [3.8, 4) is 5.88 Å². The molecule has 3 aromatic carbocycles. The first-order chi connectivity index (χ1) is 28.9. The van der Waals surface area contributed by atoms with Crippen LogP contribution in [0.1, 0.15) is 109 Å². The summed E-state index contributed by atoms with van der Waals surface area (Å²) in [5.41, 5.74) is 4.74. The molecule has 0 radical (unpaired) electrons. The predicted octanol–water partition coefficient (Wildman–Crippen LogP) is 8.91. The number of nitrogens with one attached hydrogen (secondary N) is 1. The zero-order valence-corrected chi connectivity index (χ0v) is 34.8. The molecule has 4 aromatic rings. The molecular formula is C47H55FN2O10. The van der Waals surface area contributed by atoms with Crippen molar-refractivity contribution in [3.63, 3.8) is 0 Å². The average Bonchev–Trinajstić information content (AvgIpc) is 3.64. The van der Waals surface area contributed by atoms with Crippen molar-refractivity contribution in [3.05, 3.63) is 142 Å². The van der Waals surface area contributed by atoms with Gasteiger partial charge in [0.05, 0.1) is 29.7 Å². The van der Waals surface area contributed by atoms with Crippen molar-refractivity contribution in [2.24, 2.45) is 0 Å². The summed E-state index contributed by atoms with van der Waals surface area (Å²) >= 11 is 0. The van der Waals surface area contributed by atoms with Crippen LogP contribution in [0.5, 0.6) is 5.88 Å². The molecule has 1 aliphatic heterocycles. The number of hydrogen-bond donors (Lipinski definition) is 2. The second kappa shape index (κ2) is 24.1. The number of carbonyl (C=O) groups is 4. The second-order valence-electron chi connectivity index (χ2n) is 14.3. The maximum atomic E-state index is 15.9. The topological polar surface area (TPSA) is 163 Å². The highest BCUT2D eigenvalue weighted by molar-refractivity contribution is 5.90. The Hall–Kier alpha value is -6.08. The molecular weight excluding hydrogens is 772 g/mol. The van der Waals surface area contributed by atoms with Gasteiger partial charge in [0.2, 0.25) is 12.2 Å². The van der Waals surface area contributed by atoms with Crippen molar-refractivity contribution in [1.29, 1.82) is 0 Å². The van der Waals surface area contributed by atoms with E-state index in [4.69, 9.17) is 28.8 Å². The summed E-state index contributed by atoms with van der Waals surface area (Å²) in [5, 5.41) is 16.0. The first-order valence-electron chi connectivity index (χ1n) is 20.2. The molecule has 0 amide bonds. The van der Waals surface area contributed by atoms with Gasteiger partial charge < -0.3 is 28.8 Å². The summed E-state index contributed by atoms with van der Waals surface area (Å²) in [7, 11) is 0. The number of H-pyrrole nitrogens is 1. The fourth-order valence-corrected chi connectivity index (χ4v) is 6.27. The normalized spacial score (nSPS) is 17.7. The number of aliphatic carboxylic acids is 1. The molecule has 0 spiro atoms. The van der Waals surface area contributed by atoms with E-state index in [1.54, 1.807) is 86.7 Å². The first-order valence-corrected chi connectivity index (χ1v) is 20.2. The number of halogens is 1. The fraction of sp³-hybridized carbons (Fsp3) is 0.383. The zero-order valence-electron chi connectivity index (χ0n) is 34.8. The van der Waals surface area contributed by atoms with Crippen LogP contribution in [0.2, 0.25) is 0 Å². The molecule has 320 valence electrons. The summed E-state index contributed by atoms with van der Waals surface area (Å²) in [5.74, 6) is -2.02. The van der Waals surface area contributed by atoms with Crippen LogP contribution in [-0.2, 0) is 41.4 Å². The predicted molar refractivity (Wildman–Crippen MR) is 223 cm³/mol. The lowest BCUT2D eigenvalue weighted by molar-refractivity contribution is -0.215. The van der Waals surface area contributed by atoms with E-state index in [9.17, 15) is 19.2 Å². The number of nitrogens with zero attached hydrogens (tertiary/aromatic N) is 1. The Bertz CT molecular complexity index is 2030. The number of esters is 3. The Kier molecular flexibility index (Phi) is 18.7. The van der Waals surface area contributed by atoms with Crippen LogP contribution in [0.15, 0.2) is 109 Å². The number of ether oxygens (including phenoxy) is 5. The van der Waals surface area contributed by atoms with E-state index in [0.29, 0.717) is 37.0 Å². The van der Waals surface area contributed by atoms with Crippen molar-refractivity contribution in [1.82, 2.24) is 10.2 Å². The minimum absolute atomic E-state index is 0.0872. The van der Waals surface area contributed by atoms with Gasteiger partial charge in [-0.1, -0.05) is 99.7 Å². The maximum absolute atomic E-state index is 15.9. The largest absolute Gasteiger partial charge is 0.478 e. The SMILES string of the molecule is C/C=C(\C=C/CC)C(=O)O.CCOC(=O)CCCc1ccc(Cc2c(O[C@H]3C[C@@H](OC(=O)c4ccccc4)[C@H](F)[C@@H](COC(=O)c4ccccc4)O3)n[nH]c2C(C)C)cc1. The van der Waals surface area contributed by atoms with Gasteiger partial charge in [0.15, 0.2) is 6.17 Å². The molecule has 0 aliphatic carbocycles. The van der Waals surface area contributed by atoms with Gasteiger partial charge in [0, 0.05) is 24.1 Å². The second-order valence-corrected chi connectivity index (χ2v) is 14.3. The summed E-state index contributed by atoms with van der Waals surface area (Å²) in [6.07, 6.45) is 2.68. The van der Waals surface area contributed by atoms with E-state index in [2.05, 4.69) is 10.2 Å². The summed E-state index contributed by atoms with van der Waals surface area (Å²) in [4.78, 5) is 47.6. The van der Waals surface area contributed by atoms with E-state index < -0.39 is 49.2 Å². The molecule has 0 bridgehead atoms. The molecule has 2 heterocycles. The lowest BCUT2D eigenvalue weighted by Crippen LogP contribution is -2.51. The molecule has 1 aliphatic rings. The third-order valence-electron chi connectivity index (χ3n) is 9.45. The van der Waals surface area contributed by atoms with Gasteiger partial charge in [0.25, 0.3) is 0 Å². The number of benzene rings is 3. The Morgan fingerprint density at radius 3 is 2.13 bits per heavy atom. The van der Waals surface area contributed by atoms with Gasteiger partial charge in [-0.3, -0.25) is 9.89 Å². The van der Waals surface area contributed by atoms with E-state index in [0.717, 1.165) is 35.2 Å². The highest BCUT2D eigenvalue weighted by atomic mass is 19.1. The van der Waals surface area contributed by atoms with Gasteiger partial charge >= 0.3 is 23.9 Å². The molecule has 12 nitrogen and oxygen atoms in total. The van der Waals surface area contributed by atoms with E-state index in [1.165, 1.54) is 0 Å². The van der Waals surface area contributed by atoms with Gasteiger partial charge in [-0.2, -0.15) is 0 Å². The minimum atomic E-state index is -1.80. The van der Waals surface area contributed by atoms with Gasteiger partial charge in [0.1, 0.15) is 18.8 Å². The van der Waals surface area contributed by atoms with Crippen LogP contribution in [0.3, 0.4) is 0 Å². The molecule has 5 rings (SSSR count). The monoisotopic (exact) mass is 826 g/mol. The van der Waals surface area contributed by atoms with Crippen molar-refractivity contribution in [2.75, 3.05) is 13.2 Å². The van der Waals surface area contributed by atoms with Crippen molar-refractivity contribution >= 4 is 23.9 Å². The Morgan fingerprint density at radius 1 is 0.917 bits per heavy atom. The van der Waals surface area contributed by atoms with Gasteiger partial charge in [-0.05, 0) is 74.4 Å². The Labute approximate surface area is 350 Å².